The van der Waals surface area contributed by atoms with Gasteiger partial charge in [-0.3, -0.25) is 39.3 Å². The molecular formula is C85H82BBrClN21O9. The van der Waals surface area contributed by atoms with Crippen LogP contribution in [0.25, 0.3) is 88.3 Å². The number of ether oxygens (including phenoxy) is 2. The molecule has 18 rings (SSSR count). The lowest BCUT2D eigenvalue weighted by Gasteiger charge is -2.36. The zero-order chi connectivity index (χ0) is 81.5. The van der Waals surface area contributed by atoms with Crippen LogP contribution < -0.4 is 25.5 Å². The molecule has 0 atom stereocenters. The third-order valence-corrected chi connectivity index (χ3v) is 19.9. The van der Waals surface area contributed by atoms with Gasteiger partial charge in [0.1, 0.15) is 33.3 Å². The molecule has 15 aromatic rings. The molecule has 30 nitrogen and oxygen atoms in total. The monoisotopic (exact) mass is 1670 g/mol. The number of hydrogen-bond donors (Lipinski definition) is 6. The zero-order valence-corrected chi connectivity index (χ0v) is 67.7. The Morgan fingerprint density at radius 1 is 0.415 bits per heavy atom. The van der Waals surface area contributed by atoms with Crippen LogP contribution in [0.2, 0.25) is 0 Å². The fourth-order valence-corrected chi connectivity index (χ4v) is 14.0. The maximum absolute atomic E-state index is 13.4. The van der Waals surface area contributed by atoms with E-state index in [-0.39, 0.29) is 59.4 Å². The number of anilines is 3. The van der Waals surface area contributed by atoms with E-state index in [1.807, 2.05) is 163 Å². The van der Waals surface area contributed by atoms with Gasteiger partial charge in [-0.25, -0.2) is 44.5 Å². The number of carbonyl (C=O) groups excluding carboxylic acids is 5. The third-order valence-electron chi connectivity index (χ3n) is 19.5. The van der Waals surface area contributed by atoms with Crippen molar-refractivity contribution in [1.82, 2.24) is 89.9 Å². The second-order valence-electron chi connectivity index (χ2n) is 29.9. The first-order valence-electron chi connectivity index (χ1n) is 38.0. The molecule has 0 unspecified atom stereocenters. The minimum atomic E-state index is -1.46. The van der Waals surface area contributed by atoms with Gasteiger partial charge in [0.15, 0.2) is 34.4 Å². The third kappa shape index (κ3) is 19.0. The number of hydrogen-bond acceptors (Lipinski definition) is 25. The van der Waals surface area contributed by atoms with Gasteiger partial charge >= 0.3 is 19.3 Å². The van der Waals surface area contributed by atoms with Crippen LogP contribution in [-0.4, -0.2) is 221 Å². The van der Waals surface area contributed by atoms with E-state index < -0.39 is 18.3 Å². The molecule has 0 bridgehead atoms. The Morgan fingerprint density at radius 2 is 0.771 bits per heavy atom. The van der Waals surface area contributed by atoms with Gasteiger partial charge in [0.25, 0.3) is 0 Å². The van der Waals surface area contributed by atoms with Crippen LogP contribution in [0.4, 0.5) is 27.0 Å². The number of aromatic nitrogens is 15. The van der Waals surface area contributed by atoms with Crippen molar-refractivity contribution in [2.24, 2.45) is 0 Å². The van der Waals surface area contributed by atoms with Crippen LogP contribution in [0, 0.1) is 0 Å². The molecule has 6 N–H and O–H groups in total. The number of ketones is 3. The molecule has 0 saturated carbocycles. The Morgan fingerprint density at radius 3 is 1.16 bits per heavy atom. The van der Waals surface area contributed by atoms with Gasteiger partial charge in [-0.1, -0.05) is 72.8 Å². The summed E-state index contributed by atoms with van der Waals surface area (Å²) in [4.78, 5) is 136. The molecule has 0 radical (unpaired) electrons. The van der Waals surface area contributed by atoms with Gasteiger partial charge < -0.3 is 64.3 Å². The molecule has 3 aliphatic heterocycles. The van der Waals surface area contributed by atoms with Crippen LogP contribution in [-0.2, 0) is 9.47 Å². The van der Waals surface area contributed by atoms with Crippen molar-refractivity contribution >= 4 is 154 Å². The normalized spacial score (nSPS) is 13.7. The summed E-state index contributed by atoms with van der Waals surface area (Å²) in [6.07, 6.45) is 14.6. The second kappa shape index (κ2) is 35.5. The lowest BCUT2D eigenvalue weighted by Crippen LogP contribution is -2.50. The number of imidazole rings is 3. The predicted molar refractivity (Wildman–Crippen MR) is 458 cm³/mol. The average Bonchev–Trinajstić information content (AvgIpc) is 1.55. The van der Waals surface area contributed by atoms with E-state index in [9.17, 15) is 24.0 Å². The summed E-state index contributed by atoms with van der Waals surface area (Å²) < 4.78 is 11.5. The Kier molecular flexibility index (Phi) is 24.5. The van der Waals surface area contributed by atoms with Crippen molar-refractivity contribution in [3.63, 3.8) is 0 Å². The number of H-pyrrole nitrogens is 3. The molecule has 3 aliphatic rings. The number of pyridine rings is 9. The highest BCUT2D eigenvalue weighted by Gasteiger charge is 2.30. The van der Waals surface area contributed by atoms with Gasteiger partial charge in [-0.15, -0.1) is 12.4 Å². The van der Waals surface area contributed by atoms with E-state index in [0.29, 0.717) is 118 Å². The number of halogens is 2. The number of piperazine rings is 3. The lowest BCUT2D eigenvalue weighted by atomic mass is 9.78. The highest BCUT2D eigenvalue weighted by molar-refractivity contribution is 9.10. The zero-order valence-electron chi connectivity index (χ0n) is 65.3. The van der Waals surface area contributed by atoms with Crippen molar-refractivity contribution in [3.05, 3.63) is 240 Å². The van der Waals surface area contributed by atoms with E-state index >= 15 is 0 Å². The first-order chi connectivity index (χ1) is 56.5. The summed E-state index contributed by atoms with van der Waals surface area (Å²) in [6, 6.07) is 45.1. The van der Waals surface area contributed by atoms with Gasteiger partial charge in [0.2, 0.25) is 17.3 Å². The van der Waals surface area contributed by atoms with Crippen molar-refractivity contribution < 1.29 is 43.5 Å². The topological polar surface area (TPSA) is 375 Å². The van der Waals surface area contributed by atoms with Crippen LogP contribution >= 0.6 is 28.3 Å². The fourth-order valence-electron chi connectivity index (χ4n) is 13.7. The summed E-state index contributed by atoms with van der Waals surface area (Å²) in [7, 11) is -1.46. The molecule has 12 aromatic heterocycles. The van der Waals surface area contributed by atoms with Crippen molar-refractivity contribution in [1.29, 1.82) is 0 Å². The first kappa shape index (κ1) is 81.4. The Hall–Kier alpha value is -13.1. The number of amides is 2. The number of carbonyl (C=O) groups is 5. The summed E-state index contributed by atoms with van der Waals surface area (Å²) in [5.74, 6) is 2.41. The second-order valence-corrected chi connectivity index (χ2v) is 30.7. The van der Waals surface area contributed by atoms with Crippen LogP contribution in [0.3, 0.4) is 0 Å². The molecule has 15 heterocycles. The maximum atomic E-state index is 13.4. The van der Waals surface area contributed by atoms with E-state index in [1.165, 1.54) is 6.20 Å². The molecule has 0 aliphatic carbocycles. The Labute approximate surface area is 691 Å². The molecule has 33 heteroatoms. The minimum absolute atomic E-state index is 0. The van der Waals surface area contributed by atoms with Gasteiger partial charge in [-0.2, -0.15) is 0 Å². The SMILES string of the molecule is CC(C)(C)OC(=O)N1CCN(c2ccc3[nH]c(C(=O)c4ccnc(-c5cncc6ccccc56)c4)nc3n2)CC1.CC(C)(C)OC(=O)N1CCN(c2ccc3[nH]c(C(=O)c4ccnc(Br)c4)nc3n2)CC1.Cl.O=C(c1ccnc(-c2cncc3ccccc23)c1)c1nc2nc(N3CCNCC3)ccc2[nH]1.OB(O)c1cncc2ccccc12. The average molecular weight is 1670 g/mol. The van der Waals surface area contributed by atoms with E-state index in [1.54, 1.807) is 83.4 Å². The fraction of sp³-hybridized carbons (Fsp3) is 0.235. The number of rotatable bonds is 12. The molecule has 3 aromatic carbocycles. The summed E-state index contributed by atoms with van der Waals surface area (Å²) >= 11 is 3.27. The van der Waals surface area contributed by atoms with Crippen molar-refractivity contribution in [2.45, 2.75) is 52.7 Å². The molecular weight excluding hydrogens is 1590 g/mol. The molecule has 0 spiro atoms. The van der Waals surface area contributed by atoms with Crippen LogP contribution in [0.15, 0.2) is 206 Å². The number of aromatic amines is 3. The quantitative estimate of drug-likeness (QED) is 0.0376. The van der Waals surface area contributed by atoms with Gasteiger partial charge in [0.05, 0.1) is 27.9 Å². The van der Waals surface area contributed by atoms with Crippen molar-refractivity contribution in [3.8, 4) is 22.5 Å². The molecule has 598 valence electrons. The largest absolute Gasteiger partial charge is 0.490 e. The first-order valence-corrected chi connectivity index (χ1v) is 38.8. The Balaban J connectivity index is 0.000000135. The van der Waals surface area contributed by atoms with E-state index in [4.69, 9.17) is 24.5 Å². The summed E-state index contributed by atoms with van der Waals surface area (Å²) in [5, 5.41) is 27.2. The number of benzene rings is 3. The predicted octanol–water partition coefficient (Wildman–Crippen LogP) is 11.8. The maximum Gasteiger partial charge on any atom is 0.490 e. The standard InChI is InChI=1S/C30H29N7O3.C25H21N7O.C21H23BrN6O3.C9H8BNO2.ClH/c1-30(2,3)40-29(39)37-14-12-36(13-15-37)25-9-8-23-27(34-25)35-28(33-23)26(38)19-10-11-32-24(16-19)22-18-31-17-20-6-4-5-7-21(20)22;33-23(25-29-20-5-6-22(30-24(20)31-25)32-11-9-26-10-12-32)16-7-8-28-21(13-16)19-15-27-14-17-3-1-2-4-18(17)19;1-21(2,3)31-20(30)28-10-8-27(9-11-28)16-5-4-14-18(25-16)26-19(24-14)17(29)13-6-7-23-15(22)12-13;12-10(13)9-6-11-5-7-3-1-2-4-8(7)9;/h4-11,16-18H,12-15H2,1-3H3,(H,33,34,35);1-8,13-15,26H,9-12H2,(H,29,30,31);4-7,12H,8-11H2,1-3H3,(H,24,25,26);1-6,12-13H;1H. The summed E-state index contributed by atoms with van der Waals surface area (Å²) in [6.45, 7) is 19.5. The smallest absolute Gasteiger partial charge is 0.444 e. The Bertz CT molecular complexity index is 6200. The van der Waals surface area contributed by atoms with E-state index in [2.05, 4.69) is 106 Å². The van der Waals surface area contributed by atoms with Crippen molar-refractivity contribution in [2.75, 3.05) is 93.2 Å². The highest BCUT2D eigenvalue weighted by atomic mass is 79.9. The number of nitrogens with zero attached hydrogens (tertiary/aromatic N) is 17. The number of nitrogens with one attached hydrogen (secondary N) is 4. The highest BCUT2D eigenvalue weighted by Crippen LogP contribution is 2.31. The van der Waals surface area contributed by atoms with Gasteiger partial charge in [0, 0.05) is 178 Å². The van der Waals surface area contributed by atoms with E-state index in [0.717, 1.165) is 92.6 Å². The van der Waals surface area contributed by atoms with Gasteiger partial charge in [-0.05, 0) is 152 Å². The number of fused-ring (bicyclic) bond motifs is 6. The van der Waals surface area contributed by atoms with Crippen LogP contribution in [0.1, 0.15) is 90.1 Å². The van der Waals surface area contributed by atoms with Crippen LogP contribution in [0.5, 0.6) is 0 Å². The minimum Gasteiger partial charge on any atom is -0.444 e. The lowest BCUT2D eigenvalue weighted by molar-refractivity contribution is 0.0230. The summed E-state index contributed by atoms with van der Waals surface area (Å²) in [5.41, 5.74) is 7.55. The molecule has 2 amide bonds. The molecule has 118 heavy (non-hydrogen) atoms. The molecule has 3 saturated heterocycles. The molecule has 3 fully saturated rings.